The Balaban J connectivity index is 0.000000247. The Kier molecular flexibility index (Phi) is 9.94. The van der Waals surface area contributed by atoms with E-state index in [1.54, 1.807) is 0 Å². The largest absolute Gasteiger partial charge is 0.358 e. The van der Waals surface area contributed by atoms with E-state index in [1.165, 1.54) is 5.57 Å². The Morgan fingerprint density at radius 2 is 1.87 bits per heavy atom. The molecule has 1 aromatic heterocycles. The number of rotatable bonds is 5. The lowest BCUT2D eigenvalue weighted by molar-refractivity contribution is -0.110. The Labute approximate surface area is 240 Å². The molecule has 206 valence electrons. The molecule has 2 aliphatic heterocycles. The minimum Gasteiger partial charge on any atom is -0.358 e. The predicted octanol–water partition coefficient (Wildman–Crippen LogP) is 6.26. The molecule has 2 N–H and O–H groups in total. The van der Waals surface area contributed by atoms with E-state index in [-0.39, 0.29) is 11.8 Å². The Morgan fingerprint density at radius 3 is 2.62 bits per heavy atom. The van der Waals surface area contributed by atoms with Gasteiger partial charge in [-0.25, -0.2) is 0 Å². The minimum absolute atomic E-state index is 0.0651. The van der Waals surface area contributed by atoms with Crippen LogP contribution < -0.4 is 5.32 Å². The number of benzene rings is 1. The highest BCUT2D eigenvalue weighted by Crippen LogP contribution is 2.34. The van der Waals surface area contributed by atoms with Crippen LogP contribution in [0.1, 0.15) is 46.2 Å². The number of nitrogens with one attached hydrogen (secondary N) is 2. The van der Waals surface area contributed by atoms with E-state index >= 15 is 0 Å². The number of aryl methyl sites for hydroxylation is 1. The number of allylic oxidation sites excluding steroid dienone is 5. The van der Waals surface area contributed by atoms with E-state index in [0.717, 1.165) is 82.9 Å². The standard InChI is InChI=1S/C21H24N4O2.C10H13ClS/c1-13-18(12-16-15-6-4-5-7-17(15)23-20(16)26)22-14(2)19(13)21(27)25-10-8-24(3)9-11-25;1-2-12-8-9-6-4-3-5-7-10(9)11/h4-7,12,22H,8-11H2,1-3H3,(H,23,26);3-5,7H,2,6,8H2,1H3/b16-12-;. The summed E-state index contributed by atoms with van der Waals surface area (Å²) in [6.07, 6.45) is 11.0. The van der Waals surface area contributed by atoms with Crippen LogP contribution in [0.2, 0.25) is 0 Å². The van der Waals surface area contributed by atoms with E-state index < -0.39 is 0 Å². The molecule has 0 unspecified atom stereocenters. The zero-order chi connectivity index (χ0) is 27.9. The lowest BCUT2D eigenvalue weighted by Gasteiger charge is -2.32. The number of amides is 2. The molecule has 0 bridgehead atoms. The summed E-state index contributed by atoms with van der Waals surface area (Å²) in [6, 6.07) is 7.64. The molecule has 1 aliphatic carbocycles. The predicted molar refractivity (Wildman–Crippen MR) is 165 cm³/mol. The summed E-state index contributed by atoms with van der Waals surface area (Å²) in [5.41, 5.74) is 6.94. The van der Waals surface area contributed by atoms with E-state index in [2.05, 4.69) is 35.2 Å². The van der Waals surface area contributed by atoms with Gasteiger partial charge in [0.05, 0.1) is 11.1 Å². The summed E-state index contributed by atoms with van der Waals surface area (Å²) < 4.78 is 0. The third-order valence-corrected chi connectivity index (χ3v) is 8.51. The van der Waals surface area contributed by atoms with Gasteiger partial charge in [-0.1, -0.05) is 55.0 Å². The normalized spacial score (nSPS) is 18.1. The van der Waals surface area contributed by atoms with Crippen LogP contribution in [0.15, 0.2) is 59.2 Å². The maximum absolute atomic E-state index is 13.0. The van der Waals surface area contributed by atoms with Crippen LogP contribution >= 0.6 is 23.4 Å². The SMILES string of the molecule is CCSCC1=C(Cl)C=CC=CC1.Cc1[nH]c(/C=C2\C(=O)Nc3ccccc32)c(C)c1C(=O)N1CCN(C)CC1. The smallest absolute Gasteiger partial charge is 0.256 e. The average Bonchev–Trinajstić information content (AvgIpc) is 3.29. The summed E-state index contributed by atoms with van der Waals surface area (Å²) >= 11 is 7.98. The van der Waals surface area contributed by atoms with Crippen molar-refractivity contribution in [2.45, 2.75) is 27.2 Å². The first-order valence-corrected chi connectivity index (χ1v) is 14.9. The number of hydrogen-bond acceptors (Lipinski definition) is 4. The van der Waals surface area contributed by atoms with Crippen molar-refractivity contribution < 1.29 is 9.59 Å². The molecule has 1 fully saturated rings. The lowest BCUT2D eigenvalue weighted by atomic mass is 10.0. The quantitative estimate of drug-likeness (QED) is 0.421. The van der Waals surface area contributed by atoms with Crippen LogP contribution in [0, 0.1) is 13.8 Å². The Hall–Kier alpha value is -3.00. The Bertz CT molecular complexity index is 1350. The molecule has 3 heterocycles. The molecule has 0 radical (unpaired) electrons. The number of thioether (sulfide) groups is 1. The Morgan fingerprint density at radius 1 is 1.13 bits per heavy atom. The molecule has 0 saturated carbocycles. The number of likely N-dealkylation sites (N-methyl/N-ethyl adjacent to an activating group) is 1. The fraction of sp³-hybridized carbons (Fsp3) is 0.355. The molecule has 0 atom stereocenters. The average molecular weight is 565 g/mol. The molecule has 6 nitrogen and oxygen atoms in total. The van der Waals surface area contributed by atoms with E-state index in [4.69, 9.17) is 11.6 Å². The first kappa shape index (κ1) is 29.0. The van der Waals surface area contributed by atoms with E-state index in [1.807, 2.05) is 79.1 Å². The third-order valence-electron chi connectivity index (χ3n) is 7.15. The number of halogens is 1. The van der Waals surface area contributed by atoms with Gasteiger partial charge < -0.3 is 20.1 Å². The lowest BCUT2D eigenvalue weighted by Crippen LogP contribution is -2.47. The molecule has 0 spiro atoms. The summed E-state index contributed by atoms with van der Waals surface area (Å²) in [7, 11) is 2.07. The van der Waals surface area contributed by atoms with E-state index in [0.29, 0.717) is 5.57 Å². The first-order chi connectivity index (χ1) is 18.8. The molecule has 1 aromatic carbocycles. The van der Waals surface area contributed by atoms with Crippen molar-refractivity contribution in [2.24, 2.45) is 0 Å². The van der Waals surface area contributed by atoms with Gasteiger partial charge in [-0.15, -0.1) is 0 Å². The highest BCUT2D eigenvalue weighted by molar-refractivity contribution is 7.99. The topological polar surface area (TPSA) is 68.4 Å². The van der Waals surface area contributed by atoms with Crippen LogP contribution in [0.25, 0.3) is 11.6 Å². The molecular formula is C31H37ClN4O2S. The van der Waals surface area contributed by atoms with Crippen molar-refractivity contribution in [3.63, 3.8) is 0 Å². The third kappa shape index (κ3) is 6.96. The van der Waals surface area contributed by atoms with Crippen molar-refractivity contribution in [3.8, 4) is 0 Å². The second kappa shape index (κ2) is 13.4. The molecule has 5 rings (SSSR count). The summed E-state index contributed by atoms with van der Waals surface area (Å²) in [4.78, 5) is 32.9. The van der Waals surface area contributed by atoms with Crippen LogP contribution in [-0.2, 0) is 4.79 Å². The number of anilines is 1. The number of aromatic nitrogens is 1. The van der Waals surface area contributed by atoms with Gasteiger partial charge in [-0.2, -0.15) is 11.8 Å². The van der Waals surface area contributed by atoms with Crippen LogP contribution in [0.5, 0.6) is 0 Å². The second-order valence-electron chi connectivity index (χ2n) is 9.90. The van der Waals surface area contributed by atoms with Crippen LogP contribution in [-0.4, -0.2) is 71.3 Å². The molecule has 1 saturated heterocycles. The van der Waals surface area contributed by atoms with Gasteiger partial charge in [-0.3, -0.25) is 9.59 Å². The van der Waals surface area contributed by atoms with E-state index in [9.17, 15) is 9.59 Å². The number of nitrogens with zero attached hydrogens (tertiary/aromatic N) is 2. The number of fused-ring (bicyclic) bond motifs is 1. The summed E-state index contributed by atoms with van der Waals surface area (Å²) in [5, 5.41) is 3.80. The number of aromatic amines is 1. The van der Waals surface area contributed by atoms with Gasteiger partial charge in [0.25, 0.3) is 11.8 Å². The van der Waals surface area contributed by atoms with Crippen molar-refractivity contribution in [2.75, 3.05) is 50.0 Å². The molecule has 3 aliphatic rings. The number of para-hydroxylation sites is 1. The summed E-state index contributed by atoms with van der Waals surface area (Å²) in [5.74, 6) is 2.16. The fourth-order valence-electron chi connectivity index (χ4n) is 4.83. The zero-order valence-electron chi connectivity index (χ0n) is 23.1. The van der Waals surface area contributed by atoms with Crippen molar-refractivity contribution >= 4 is 52.5 Å². The minimum atomic E-state index is -0.116. The molecule has 2 amide bonds. The number of hydrogen-bond donors (Lipinski definition) is 2. The van der Waals surface area contributed by atoms with Crippen LogP contribution in [0.4, 0.5) is 5.69 Å². The maximum atomic E-state index is 13.0. The summed E-state index contributed by atoms with van der Waals surface area (Å²) in [6.45, 7) is 9.29. The maximum Gasteiger partial charge on any atom is 0.256 e. The van der Waals surface area contributed by atoms with Gasteiger partial charge in [0.2, 0.25) is 0 Å². The van der Waals surface area contributed by atoms with Gasteiger partial charge in [0.1, 0.15) is 0 Å². The highest BCUT2D eigenvalue weighted by Gasteiger charge is 2.27. The van der Waals surface area contributed by atoms with Crippen LogP contribution in [0.3, 0.4) is 0 Å². The zero-order valence-corrected chi connectivity index (χ0v) is 24.7. The fourth-order valence-corrected chi connectivity index (χ4v) is 5.85. The van der Waals surface area contributed by atoms with Crippen molar-refractivity contribution in [1.29, 1.82) is 0 Å². The van der Waals surface area contributed by atoms with Gasteiger partial charge >= 0.3 is 0 Å². The molecule has 39 heavy (non-hydrogen) atoms. The molecular weight excluding hydrogens is 528 g/mol. The van der Waals surface area contributed by atoms with Gasteiger partial charge in [-0.05, 0) is 62.4 Å². The second-order valence-corrected chi connectivity index (χ2v) is 11.6. The number of carbonyl (C=O) groups is 2. The van der Waals surface area contributed by atoms with Gasteiger partial charge in [0.15, 0.2) is 0 Å². The molecule has 8 heteroatoms. The number of piperazine rings is 1. The monoisotopic (exact) mass is 564 g/mol. The number of H-pyrrole nitrogens is 1. The molecule has 2 aromatic rings. The highest BCUT2D eigenvalue weighted by atomic mass is 35.5. The first-order valence-electron chi connectivity index (χ1n) is 13.4. The van der Waals surface area contributed by atoms with Gasteiger partial charge in [0, 0.05) is 59.6 Å². The van der Waals surface area contributed by atoms with Crippen molar-refractivity contribution in [1.82, 2.24) is 14.8 Å². The van der Waals surface area contributed by atoms with Crippen molar-refractivity contribution in [3.05, 3.63) is 87.3 Å². The number of carbonyl (C=O) groups excluding carboxylic acids is 2.